The van der Waals surface area contributed by atoms with Gasteiger partial charge in [-0.25, -0.2) is 4.98 Å². The Bertz CT molecular complexity index is 1190. The molecular weight excluding hydrogens is 362 g/mol. The van der Waals surface area contributed by atoms with E-state index in [4.69, 9.17) is 11.6 Å². The number of hydrogen-bond acceptors (Lipinski definition) is 4. The third kappa shape index (κ3) is 3.44. The predicted octanol–water partition coefficient (Wildman–Crippen LogP) is 3.97. The molecule has 6 nitrogen and oxygen atoms in total. The van der Waals surface area contributed by atoms with Gasteiger partial charge in [0.2, 0.25) is 0 Å². The fourth-order valence-corrected chi connectivity index (χ4v) is 3.05. The highest BCUT2D eigenvalue weighted by molar-refractivity contribution is 6.31. The molecule has 2 aromatic heterocycles. The lowest BCUT2D eigenvalue weighted by Crippen LogP contribution is -2.17. The van der Waals surface area contributed by atoms with Crippen molar-refractivity contribution in [2.45, 2.75) is 20.4 Å². The summed E-state index contributed by atoms with van der Waals surface area (Å²) in [7, 11) is 0. The molecule has 0 aliphatic carbocycles. The molecule has 27 heavy (non-hydrogen) atoms. The van der Waals surface area contributed by atoms with Crippen LogP contribution in [0.15, 0.2) is 53.3 Å². The number of nitrogens with one attached hydrogen (secondary N) is 2. The summed E-state index contributed by atoms with van der Waals surface area (Å²) in [6.07, 6.45) is 0. The highest BCUT2D eigenvalue weighted by atomic mass is 35.5. The Morgan fingerprint density at radius 3 is 2.67 bits per heavy atom. The molecular formula is C20H18ClN5O. The number of halogens is 1. The molecule has 0 saturated heterocycles. The molecule has 0 bridgehead atoms. The van der Waals surface area contributed by atoms with E-state index in [2.05, 4.69) is 20.4 Å². The van der Waals surface area contributed by atoms with E-state index in [9.17, 15) is 4.79 Å². The molecule has 0 amide bonds. The van der Waals surface area contributed by atoms with Crippen molar-refractivity contribution in [1.82, 2.24) is 19.6 Å². The number of aromatic amines is 1. The maximum Gasteiger partial charge on any atom is 0.274 e. The number of anilines is 1. The zero-order valence-corrected chi connectivity index (χ0v) is 15.7. The summed E-state index contributed by atoms with van der Waals surface area (Å²) < 4.78 is 1.36. The smallest absolute Gasteiger partial charge is 0.274 e. The molecule has 2 N–H and O–H groups in total. The van der Waals surface area contributed by atoms with Crippen LogP contribution < -0.4 is 10.9 Å². The Morgan fingerprint density at radius 1 is 1.07 bits per heavy atom. The van der Waals surface area contributed by atoms with Crippen LogP contribution in [0.5, 0.6) is 0 Å². The van der Waals surface area contributed by atoms with Gasteiger partial charge in [0.25, 0.3) is 11.3 Å². The zero-order valence-electron chi connectivity index (χ0n) is 15.0. The van der Waals surface area contributed by atoms with Crippen LogP contribution in [-0.4, -0.2) is 19.6 Å². The highest BCUT2D eigenvalue weighted by Crippen LogP contribution is 2.21. The van der Waals surface area contributed by atoms with Crippen molar-refractivity contribution >= 4 is 23.1 Å². The van der Waals surface area contributed by atoms with Crippen molar-refractivity contribution in [3.63, 3.8) is 0 Å². The van der Waals surface area contributed by atoms with E-state index in [1.165, 1.54) is 10.6 Å². The van der Waals surface area contributed by atoms with Gasteiger partial charge in [-0.15, -0.1) is 0 Å². The van der Waals surface area contributed by atoms with Gasteiger partial charge in [0.1, 0.15) is 0 Å². The average molecular weight is 380 g/mol. The van der Waals surface area contributed by atoms with Crippen LogP contribution in [-0.2, 0) is 6.54 Å². The SMILES string of the molecule is Cc1ccc(NCc2cc(=O)n3[nH]c(-c4ccccc4C)nc3n2)cc1Cl. The second-order valence-corrected chi connectivity index (χ2v) is 6.83. The van der Waals surface area contributed by atoms with Crippen LogP contribution in [0.4, 0.5) is 5.69 Å². The van der Waals surface area contributed by atoms with Crippen molar-refractivity contribution < 1.29 is 0 Å². The summed E-state index contributed by atoms with van der Waals surface area (Å²) in [5.74, 6) is 0.965. The Kier molecular flexibility index (Phi) is 4.41. The second kappa shape index (κ2) is 6.89. The van der Waals surface area contributed by atoms with Gasteiger partial charge in [-0.2, -0.15) is 9.50 Å². The van der Waals surface area contributed by atoms with Crippen molar-refractivity contribution in [2.24, 2.45) is 0 Å². The lowest BCUT2D eigenvalue weighted by molar-refractivity contribution is 0.878. The van der Waals surface area contributed by atoms with Gasteiger partial charge in [-0.1, -0.05) is 41.9 Å². The van der Waals surface area contributed by atoms with Crippen molar-refractivity contribution in [3.8, 4) is 11.4 Å². The molecule has 0 fully saturated rings. The number of H-pyrrole nitrogens is 1. The molecule has 4 rings (SSSR count). The minimum atomic E-state index is -0.203. The Morgan fingerprint density at radius 2 is 1.89 bits per heavy atom. The van der Waals surface area contributed by atoms with Crippen molar-refractivity contribution in [1.29, 1.82) is 0 Å². The molecule has 4 aromatic rings. The zero-order chi connectivity index (χ0) is 19.0. The molecule has 0 spiro atoms. The van der Waals surface area contributed by atoms with E-state index in [0.717, 1.165) is 22.4 Å². The number of nitrogens with zero attached hydrogens (tertiary/aromatic N) is 3. The third-order valence-electron chi connectivity index (χ3n) is 4.43. The molecule has 0 radical (unpaired) electrons. The molecule has 0 saturated carbocycles. The van der Waals surface area contributed by atoms with Gasteiger partial charge in [-0.05, 0) is 37.1 Å². The largest absolute Gasteiger partial charge is 0.379 e. The summed E-state index contributed by atoms with van der Waals surface area (Å²) in [5.41, 5.74) is 4.31. The van der Waals surface area contributed by atoms with Gasteiger partial charge in [0.05, 0.1) is 12.2 Å². The van der Waals surface area contributed by atoms with Crippen LogP contribution in [0.1, 0.15) is 16.8 Å². The highest BCUT2D eigenvalue weighted by Gasteiger charge is 2.11. The minimum Gasteiger partial charge on any atom is -0.379 e. The summed E-state index contributed by atoms with van der Waals surface area (Å²) in [6, 6.07) is 15.1. The van der Waals surface area contributed by atoms with Gasteiger partial charge in [0.15, 0.2) is 5.82 Å². The second-order valence-electron chi connectivity index (χ2n) is 6.43. The van der Waals surface area contributed by atoms with Crippen LogP contribution in [0.25, 0.3) is 17.2 Å². The summed E-state index contributed by atoms with van der Waals surface area (Å²) in [6.45, 7) is 4.35. The lowest BCUT2D eigenvalue weighted by atomic mass is 10.1. The summed E-state index contributed by atoms with van der Waals surface area (Å²) >= 11 is 6.15. The first-order chi connectivity index (χ1) is 13.0. The number of aromatic nitrogens is 4. The topological polar surface area (TPSA) is 75.1 Å². The maximum absolute atomic E-state index is 12.4. The van der Waals surface area contributed by atoms with Gasteiger partial charge in [0, 0.05) is 22.3 Å². The maximum atomic E-state index is 12.4. The standard InChI is InChI=1S/C20H18ClN5O/c1-12-5-3-4-6-16(12)19-24-20-23-15(10-18(27)26(20)25-19)11-22-14-8-7-13(2)17(21)9-14/h3-10,22H,11H2,1-2H3,(H,23,24,25). The van der Waals surface area contributed by atoms with Crippen LogP contribution in [0, 0.1) is 13.8 Å². The van der Waals surface area contributed by atoms with E-state index in [1.54, 1.807) is 0 Å². The molecule has 0 atom stereocenters. The van der Waals surface area contributed by atoms with Crippen molar-refractivity contribution in [2.75, 3.05) is 5.32 Å². The van der Waals surface area contributed by atoms with Gasteiger partial charge in [-0.3, -0.25) is 9.89 Å². The number of benzene rings is 2. The van der Waals surface area contributed by atoms with E-state index in [-0.39, 0.29) is 5.56 Å². The number of hydrogen-bond donors (Lipinski definition) is 2. The van der Waals surface area contributed by atoms with Crippen LogP contribution >= 0.6 is 11.6 Å². The first kappa shape index (κ1) is 17.3. The van der Waals surface area contributed by atoms with E-state index >= 15 is 0 Å². The molecule has 7 heteroatoms. The predicted molar refractivity (Wildman–Crippen MR) is 107 cm³/mol. The lowest BCUT2D eigenvalue weighted by Gasteiger charge is -2.07. The molecule has 2 aromatic carbocycles. The fraction of sp³-hybridized carbons (Fsp3) is 0.150. The van der Waals surface area contributed by atoms with Crippen LogP contribution in [0.3, 0.4) is 0 Å². The minimum absolute atomic E-state index is 0.203. The Hall–Kier alpha value is -3.12. The first-order valence-corrected chi connectivity index (χ1v) is 8.94. The van der Waals surface area contributed by atoms with Gasteiger partial charge < -0.3 is 5.32 Å². The first-order valence-electron chi connectivity index (χ1n) is 8.56. The molecule has 136 valence electrons. The normalized spacial score (nSPS) is 11.1. The van der Waals surface area contributed by atoms with E-state index in [0.29, 0.717) is 28.9 Å². The fourth-order valence-electron chi connectivity index (χ4n) is 2.87. The van der Waals surface area contributed by atoms with Gasteiger partial charge >= 0.3 is 0 Å². The van der Waals surface area contributed by atoms with E-state index < -0.39 is 0 Å². The van der Waals surface area contributed by atoms with Crippen LogP contribution in [0.2, 0.25) is 5.02 Å². The Balaban J connectivity index is 1.64. The molecule has 0 aliphatic heterocycles. The molecule has 2 heterocycles. The monoisotopic (exact) mass is 379 g/mol. The quantitative estimate of drug-likeness (QED) is 0.562. The number of aryl methyl sites for hydroxylation is 2. The third-order valence-corrected chi connectivity index (χ3v) is 4.84. The van der Waals surface area contributed by atoms with E-state index in [1.807, 2.05) is 56.3 Å². The number of fused-ring (bicyclic) bond motifs is 1. The van der Waals surface area contributed by atoms with Crippen molar-refractivity contribution in [3.05, 3.63) is 80.7 Å². The Labute approximate surface area is 160 Å². The molecule has 0 unspecified atom stereocenters. The summed E-state index contributed by atoms with van der Waals surface area (Å²) in [4.78, 5) is 21.4. The average Bonchev–Trinajstić information content (AvgIpc) is 3.07. The number of rotatable bonds is 4. The summed E-state index contributed by atoms with van der Waals surface area (Å²) in [5, 5.41) is 6.96. The molecule has 0 aliphatic rings.